The maximum absolute atomic E-state index is 4.47. The van der Waals surface area contributed by atoms with Gasteiger partial charge in [0.2, 0.25) is 0 Å². The number of pyridine rings is 1. The van der Waals surface area contributed by atoms with Crippen LogP contribution >= 0.6 is 0 Å². The second kappa shape index (κ2) is 4.45. The minimum absolute atomic E-state index is 0.999. The zero-order valence-electron chi connectivity index (χ0n) is 11.0. The van der Waals surface area contributed by atoms with Crippen molar-refractivity contribution in [2.45, 2.75) is 26.2 Å². The highest BCUT2D eigenvalue weighted by molar-refractivity contribution is 5.61. The van der Waals surface area contributed by atoms with Gasteiger partial charge in [0.05, 0.1) is 0 Å². The summed E-state index contributed by atoms with van der Waals surface area (Å²) in [5.74, 6) is 0.999. The van der Waals surface area contributed by atoms with Crippen LogP contribution in [0.5, 0.6) is 0 Å². The van der Waals surface area contributed by atoms with E-state index in [9.17, 15) is 0 Å². The van der Waals surface area contributed by atoms with Crippen LogP contribution in [-0.4, -0.2) is 12.0 Å². The molecule has 2 heteroatoms. The molecule has 0 aliphatic heterocycles. The molecule has 1 aromatic heterocycles. The molecule has 0 saturated carbocycles. The number of nitrogens with zero attached hydrogens (tertiary/aromatic N) is 2. The lowest BCUT2D eigenvalue weighted by Gasteiger charge is -2.19. The van der Waals surface area contributed by atoms with Crippen molar-refractivity contribution in [3.63, 3.8) is 0 Å². The molecule has 1 aliphatic carbocycles. The van der Waals surface area contributed by atoms with Gasteiger partial charge in [0.25, 0.3) is 0 Å². The zero-order valence-corrected chi connectivity index (χ0v) is 11.0. The van der Waals surface area contributed by atoms with Crippen molar-refractivity contribution in [2.75, 3.05) is 11.9 Å². The third-order valence-electron chi connectivity index (χ3n) is 3.71. The van der Waals surface area contributed by atoms with E-state index in [4.69, 9.17) is 0 Å². The Bertz CT molecular complexity index is 558. The Morgan fingerprint density at radius 3 is 2.67 bits per heavy atom. The third kappa shape index (κ3) is 1.99. The molecule has 2 nitrogen and oxygen atoms in total. The fraction of sp³-hybridized carbons (Fsp3) is 0.312. The molecule has 0 N–H and O–H groups in total. The van der Waals surface area contributed by atoms with Crippen molar-refractivity contribution >= 4 is 11.5 Å². The van der Waals surface area contributed by atoms with Gasteiger partial charge in [0, 0.05) is 18.9 Å². The Kier molecular flexibility index (Phi) is 2.78. The van der Waals surface area contributed by atoms with Crippen molar-refractivity contribution in [1.82, 2.24) is 4.98 Å². The Balaban J connectivity index is 1.92. The van der Waals surface area contributed by atoms with Gasteiger partial charge >= 0.3 is 0 Å². The van der Waals surface area contributed by atoms with Crippen molar-refractivity contribution in [2.24, 2.45) is 0 Å². The van der Waals surface area contributed by atoms with Crippen LogP contribution in [0.25, 0.3) is 0 Å². The van der Waals surface area contributed by atoms with Crippen LogP contribution in [-0.2, 0) is 12.8 Å². The minimum Gasteiger partial charge on any atom is -0.329 e. The molecule has 0 radical (unpaired) electrons. The Morgan fingerprint density at radius 2 is 1.89 bits per heavy atom. The first-order chi connectivity index (χ1) is 8.74. The molecule has 0 saturated heterocycles. The highest BCUT2D eigenvalue weighted by Crippen LogP contribution is 2.29. The molecule has 1 aromatic carbocycles. The maximum Gasteiger partial charge on any atom is 0.132 e. The van der Waals surface area contributed by atoms with E-state index in [2.05, 4.69) is 54.2 Å². The SMILES string of the molecule is Cc1ccc(N(C)c2ccc3c(c2)CCC3)nc1. The molecular formula is C16H18N2. The van der Waals surface area contributed by atoms with Crippen molar-refractivity contribution in [3.05, 3.63) is 53.2 Å². The predicted octanol–water partition coefficient (Wildman–Crippen LogP) is 3.65. The Hall–Kier alpha value is -1.83. The topological polar surface area (TPSA) is 16.1 Å². The van der Waals surface area contributed by atoms with E-state index in [-0.39, 0.29) is 0 Å². The standard InChI is InChI=1S/C16H18N2/c1-12-6-9-16(17-11-12)18(2)15-8-7-13-4-3-5-14(13)10-15/h6-11H,3-5H2,1-2H3. The summed E-state index contributed by atoms with van der Waals surface area (Å²) in [6.45, 7) is 2.06. The van der Waals surface area contributed by atoms with Crippen molar-refractivity contribution in [1.29, 1.82) is 0 Å². The van der Waals surface area contributed by atoms with E-state index < -0.39 is 0 Å². The molecule has 0 amide bonds. The highest BCUT2D eigenvalue weighted by Gasteiger charge is 2.13. The fourth-order valence-corrected chi connectivity index (χ4v) is 2.56. The summed E-state index contributed by atoms with van der Waals surface area (Å²) in [6.07, 6.45) is 5.67. The molecule has 0 fully saturated rings. The van der Waals surface area contributed by atoms with Crippen LogP contribution < -0.4 is 4.90 Å². The molecular weight excluding hydrogens is 220 g/mol. The number of hydrogen-bond donors (Lipinski definition) is 0. The van der Waals surface area contributed by atoms with Gasteiger partial charge in [-0.2, -0.15) is 0 Å². The Labute approximate surface area is 108 Å². The number of aromatic nitrogens is 1. The van der Waals surface area contributed by atoms with Crippen molar-refractivity contribution < 1.29 is 0 Å². The minimum atomic E-state index is 0.999. The normalized spacial score (nSPS) is 13.4. The number of hydrogen-bond acceptors (Lipinski definition) is 2. The zero-order chi connectivity index (χ0) is 12.5. The summed E-state index contributed by atoms with van der Waals surface area (Å²) >= 11 is 0. The summed E-state index contributed by atoms with van der Waals surface area (Å²) in [4.78, 5) is 6.62. The van der Waals surface area contributed by atoms with Crippen LogP contribution in [0.1, 0.15) is 23.1 Å². The summed E-state index contributed by atoms with van der Waals surface area (Å²) in [5, 5.41) is 0. The quantitative estimate of drug-likeness (QED) is 0.794. The lowest BCUT2D eigenvalue weighted by Crippen LogP contribution is -2.11. The molecule has 0 bridgehead atoms. The molecule has 0 unspecified atom stereocenters. The number of rotatable bonds is 2. The molecule has 0 spiro atoms. The van der Waals surface area contributed by atoms with Crippen LogP contribution in [0.15, 0.2) is 36.5 Å². The third-order valence-corrected chi connectivity index (χ3v) is 3.71. The lowest BCUT2D eigenvalue weighted by molar-refractivity contribution is 0.911. The molecule has 0 atom stereocenters. The van der Waals surface area contributed by atoms with Gasteiger partial charge in [0.1, 0.15) is 5.82 Å². The van der Waals surface area contributed by atoms with Crippen LogP contribution in [0.3, 0.4) is 0 Å². The first-order valence-corrected chi connectivity index (χ1v) is 6.52. The van der Waals surface area contributed by atoms with Crippen LogP contribution in [0, 0.1) is 6.92 Å². The van der Waals surface area contributed by atoms with E-state index in [1.54, 1.807) is 0 Å². The van der Waals surface area contributed by atoms with E-state index in [0.717, 1.165) is 5.82 Å². The predicted molar refractivity (Wildman–Crippen MR) is 75.5 cm³/mol. The first-order valence-electron chi connectivity index (χ1n) is 6.52. The molecule has 18 heavy (non-hydrogen) atoms. The molecule has 1 aliphatic rings. The first kappa shape index (κ1) is 11.3. The number of aryl methyl sites for hydroxylation is 3. The van der Waals surface area contributed by atoms with Crippen molar-refractivity contribution in [3.8, 4) is 0 Å². The van der Waals surface area contributed by atoms with Crippen LogP contribution in [0.2, 0.25) is 0 Å². The molecule has 2 aromatic rings. The molecule has 92 valence electrons. The lowest BCUT2D eigenvalue weighted by atomic mass is 10.1. The number of anilines is 2. The van der Waals surface area contributed by atoms with Gasteiger partial charge in [-0.1, -0.05) is 12.1 Å². The average Bonchev–Trinajstić information content (AvgIpc) is 2.86. The van der Waals surface area contributed by atoms with Gasteiger partial charge in [-0.3, -0.25) is 0 Å². The van der Waals surface area contributed by atoms with E-state index in [0.29, 0.717) is 0 Å². The number of benzene rings is 1. The van der Waals surface area contributed by atoms with E-state index in [1.165, 1.54) is 41.6 Å². The summed E-state index contributed by atoms with van der Waals surface area (Å²) in [6, 6.07) is 11.0. The Morgan fingerprint density at radius 1 is 1.06 bits per heavy atom. The summed E-state index contributed by atoms with van der Waals surface area (Å²) in [5.41, 5.74) is 5.45. The largest absolute Gasteiger partial charge is 0.329 e. The smallest absolute Gasteiger partial charge is 0.132 e. The van der Waals surface area contributed by atoms with Gasteiger partial charge in [-0.05, 0) is 61.1 Å². The van der Waals surface area contributed by atoms with Gasteiger partial charge in [0.15, 0.2) is 0 Å². The maximum atomic E-state index is 4.47. The fourth-order valence-electron chi connectivity index (χ4n) is 2.56. The summed E-state index contributed by atoms with van der Waals surface area (Å²) < 4.78 is 0. The molecule has 1 heterocycles. The van der Waals surface area contributed by atoms with E-state index >= 15 is 0 Å². The average molecular weight is 238 g/mol. The van der Waals surface area contributed by atoms with Gasteiger partial charge in [-0.25, -0.2) is 4.98 Å². The van der Waals surface area contributed by atoms with E-state index in [1.807, 2.05) is 6.20 Å². The second-order valence-corrected chi connectivity index (χ2v) is 5.06. The highest BCUT2D eigenvalue weighted by atomic mass is 15.2. The van der Waals surface area contributed by atoms with Crippen LogP contribution in [0.4, 0.5) is 11.5 Å². The molecule has 3 rings (SSSR count). The second-order valence-electron chi connectivity index (χ2n) is 5.06. The van der Waals surface area contributed by atoms with Gasteiger partial charge < -0.3 is 4.90 Å². The monoisotopic (exact) mass is 238 g/mol. The number of fused-ring (bicyclic) bond motifs is 1. The van der Waals surface area contributed by atoms with Gasteiger partial charge in [-0.15, -0.1) is 0 Å². The summed E-state index contributed by atoms with van der Waals surface area (Å²) in [7, 11) is 2.08.